The van der Waals surface area contributed by atoms with E-state index in [1.807, 2.05) is 19.0 Å². The molecule has 0 aliphatic rings. The molecule has 0 aliphatic heterocycles. The van der Waals surface area contributed by atoms with Gasteiger partial charge < -0.3 is 15.4 Å². The number of ether oxygens (including phenoxy) is 1. The average molecular weight is 273 g/mol. The van der Waals surface area contributed by atoms with Crippen LogP contribution < -0.4 is 15.2 Å². The van der Waals surface area contributed by atoms with Crippen LogP contribution >= 0.6 is 0 Å². The highest BCUT2D eigenvalue weighted by Gasteiger charge is 2.18. The molecule has 102 valence electrons. The summed E-state index contributed by atoms with van der Waals surface area (Å²) in [6.07, 6.45) is 0. The van der Waals surface area contributed by atoms with Crippen molar-refractivity contribution in [1.82, 2.24) is 9.62 Å². The van der Waals surface area contributed by atoms with Crippen molar-refractivity contribution in [3.63, 3.8) is 0 Å². The highest BCUT2D eigenvalue weighted by Crippen LogP contribution is 2.25. The second-order valence-electron chi connectivity index (χ2n) is 4.11. The second kappa shape index (κ2) is 6.03. The van der Waals surface area contributed by atoms with E-state index in [-0.39, 0.29) is 10.6 Å². The molecule has 1 aromatic carbocycles. The van der Waals surface area contributed by atoms with Crippen LogP contribution in [0.25, 0.3) is 0 Å². The Morgan fingerprint density at radius 2 is 2.06 bits per heavy atom. The Kier molecular flexibility index (Phi) is 4.94. The van der Waals surface area contributed by atoms with E-state index in [2.05, 4.69) is 4.72 Å². The van der Waals surface area contributed by atoms with Gasteiger partial charge in [-0.2, -0.15) is 0 Å². The van der Waals surface area contributed by atoms with Crippen LogP contribution in [0.1, 0.15) is 0 Å². The van der Waals surface area contributed by atoms with Crippen LogP contribution in [0.15, 0.2) is 23.1 Å². The van der Waals surface area contributed by atoms with Gasteiger partial charge in [-0.1, -0.05) is 0 Å². The van der Waals surface area contributed by atoms with E-state index in [1.54, 1.807) is 0 Å². The molecule has 1 rings (SSSR count). The number of nitrogens with two attached hydrogens (primary N) is 1. The fourth-order valence-electron chi connectivity index (χ4n) is 1.39. The summed E-state index contributed by atoms with van der Waals surface area (Å²) >= 11 is 0. The third-order valence-corrected chi connectivity index (χ3v) is 3.83. The fraction of sp³-hybridized carbons (Fsp3) is 0.455. The standard InChI is InChI=1S/C11H19N3O3S/c1-14(2)7-6-13-18(15,16)11-5-4-9(12)8-10(11)17-3/h4-5,8,13H,6-7,12H2,1-3H3. The molecule has 0 saturated carbocycles. The van der Waals surface area contributed by atoms with Gasteiger partial charge in [0.05, 0.1) is 7.11 Å². The Morgan fingerprint density at radius 3 is 2.61 bits per heavy atom. The number of likely N-dealkylation sites (N-methyl/N-ethyl adjacent to an activating group) is 1. The SMILES string of the molecule is COc1cc(N)ccc1S(=O)(=O)NCCN(C)C. The van der Waals surface area contributed by atoms with Crippen molar-refractivity contribution in [3.05, 3.63) is 18.2 Å². The van der Waals surface area contributed by atoms with Gasteiger partial charge in [0.1, 0.15) is 10.6 Å². The summed E-state index contributed by atoms with van der Waals surface area (Å²) in [6.45, 7) is 0.958. The second-order valence-corrected chi connectivity index (χ2v) is 5.85. The number of hydrogen-bond donors (Lipinski definition) is 2. The number of anilines is 1. The number of nitrogens with one attached hydrogen (secondary N) is 1. The molecule has 0 saturated heterocycles. The first-order valence-corrected chi connectivity index (χ1v) is 6.93. The number of nitrogens with zero attached hydrogens (tertiary/aromatic N) is 1. The van der Waals surface area contributed by atoms with Crippen LogP contribution in [-0.4, -0.2) is 47.6 Å². The van der Waals surface area contributed by atoms with Gasteiger partial charge >= 0.3 is 0 Å². The Morgan fingerprint density at radius 1 is 1.39 bits per heavy atom. The third-order valence-electron chi connectivity index (χ3n) is 2.33. The van der Waals surface area contributed by atoms with Crippen molar-refractivity contribution in [2.24, 2.45) is 0 Å². The van der Waals surface area contributed by atoms with Crippen LogP contribution in [0.5, 0.6) is 5.75 Å². The zero-order valence-corrected chi connectivity index (χ0v) is 11.6. The molecule has 0 aromatic heterocycles. The van der Waals surface area contributed by atoms with Crippen LogP contribution in [0, 0.1) is 0 Å². The lowest BCUT2D eigenvalue weighted by atomic mass is 10.3. The van der Waals surface area contributed by atoms with Gasteiger partial charge in [-0.3, -0.25) is 0 Å². The molecule has 6 nitrogen and oxygen atoms in total. The molecular weight excluding hydrogens is 254 g/mol. The molecule has 0 spiro atoms. The molecular formula is C11H19N3O3S. The van der Waals surface area contributed by atoms with E-state index >= 15 is 0 Å². The van der Waals surface area contributed by atoms with Gasteiger partial charge in [0.25, 0.3) is 0 Å². The van der Waals surface area contributed by atoms with Crippen molar-refractivity contribution in [2.45, 2.75) is 4.90 Å². The molecule has 0 atom stereocenters. The van der Waals surface area contributed by atoms with Gasteiger partial charge in [-0.25, -0.2) is 13.1 Å². The fourth-order valence-corrected chi connectivity index (χ4v) is 2.56. The number of sulfonamides is 1. The van der Waals surface area contributed by atoms with E-state index in [4.69, 9.17) is 10.5 Å². The largest absolute Gasteiger partial charge is 0.495 e. The normalized spacial score (nSPS) is 11.8. The molecule has 0 unspecified atom stereocenters. The lowest BCUT2D eigenvalue weighted by Gasteiger charge is -2.13. The molecule has 0 heterocycles. The lowest BCUT2D eigenvalue weighted by molar-refractivity contribution is 0.400. The topological polar surface area (TPSA) is 84.7 Å². The minimum absolute atomic E-state index is 0.0953. The van der Waals surface area contributed by atoms with E-state index in [9.17, 15) is 8.42 Å². The molecule has 1 aromatic rings. The Balaban J connectivity index is 2.91. The minimum atomic E-state index is -3.57. The van der Waals surface area contributed by atoms with Crippen molar-refractivity contribution in [2.75, 3.05) is 40.0 Å². The van der Waals surface area contributed by atoms with Crippen molar-refractivity contribution in [1.29, 1.82) is 0 Å². The maximum absolute atomic E-state index is 12.1. The Bertz CT molecular complexity index is 500. The summed E-state index contributed by atoms with van der Waals surface area (Å²) in [4.78, 5) is 1.99. The average Bonchev–Trinajstić information content (AvgIpc) is 2.27. The summed E-state index contributed by atoms with van der Waals surface area (Å²) < 4.78 is 31.6. The van der Waals surface area contributed by atoms with Crippen LogP contribution in [-0.2, 0) is 10.0 Å². The predicted octanol–water partition coefficient (Wildman–Crippen LogP) is 0.117. The predicted molar refractivity (Wildman–Crippen MR) is 71.1 cm³/mol. The van der Waals surface area contributed by atoms with E-state index in [1.165, 1.54) is 25.3 Å². The zero-order valence-electron chi connectivity index (χ0n) is 10.8. The maximum atomic E-state index is 12.1. The monoisotopic (exact) mass is 273 g/mol. The molecule has 0 radical (unpaired) electrons. The number of rotatable bonds is 6. The number of hydrogen-bond acceptors (Lipinski definition) is 5. The number of methoxy groups -OCH3 is 1. The van der Waals surface area contributed by atoms with Gasteiger partial charge in [0.2, 0.25) is 10.0 Å². The minimum Gasteiger partial charge on any atom is -0.495 e. The third kappa shape index (κ3) is 3.86. The molecule has 7 heteroatoms. The molecule has 0 fully saturated rings. The van der Waals surface area contributed by atoms with E-state index in [0.29, 0.717) is 18.8 Å². The van der Waals surface area contributed by atoms with Gasteiger partial charge in [0.15, 0.2) is 0 Å². The highest BCUT2D eigenvalue weighted by molar-refractivity contribution is 7.89. The van der Waals surface area contributed by atoms with Crippen LogP contribution in [0.4, 0.5) is 5.69 Å². The van der Waals surface area contributed by atoms with Crippen molar-refractivity contribution >= 4 is 15.7 Å². The van der Waals surface area contributed by atoms with E-state index in [0.717, 1.165) is 0 Å². The summed E-state index contributed by atoms with van der Waals surface area (Å²) in [5.41, 5.74) is 6.04. The summed E-state index contributed by atoms with van der Waals surface area (Å²) in [7, 11) is 1.58. The van der Waals surface area contributed by atoms with Crippen molar-refractivity contribution in [3.8, 4) is 5.75 Å². The molecule has 0 amide bonds. The van der Waals surface area contributed by atoms with Crippen LogP contribution in [0.3, 0.4) is 0 Å². The van der Waals surface area contributed by atoms with E-state index < -0.39 is 10.0 Å². The van der Waals surface area contributed by atoms with Gasteiger partial charge in [0, 0.05) is 24.8 Å². The highest BCUT2D eigenvalue weighted by atomic mass is 32.2. The Hall–Kier alpha value is -1.31. The molecule has 18 heavy (non-hydrogen) atoms. The first-order valence-electron chi connectivity index (χ1n) is 5.44. The first-order chi connectivity index (χ1) is 8.36. The lowest BCUT2D eigenvalue weighted by Crippen LogP contribution is -2.31. The molecule has 0 aliphatic carbocycles. The number of benzene rings is 1. The quantitative estimate of drug-likeness (QED) is 0.719. The number of nitrogen functional groups attached to an aromatic ring is 1. The zero-order chi connectivity index (χ0) is 13.8. The van der Waals surface area contributed by atoms with Gasteiger partial charge in [-0.05, 0) is 26.2 Å². The van der Waals surface area contributed by atoms with Crippen molar-refractivity contribution < 1.29 is 13.2 Å². The Labute approximate surface area is 108 Å². The van der Waals surface area contributed by atoms with Gasteiger partial charge in [-0.15, -0.1) is 0 Å². The van der Waals surface area contributed by atoms with Crippen LogP contribution in [0.2, 0.25) is 0 Å². The summed E-state index contributed by atoms with van der Waals surface area (Å²) in [5.74, 6) is 0.243. The molecule has 0 bridgehead atoms. The molecule has 3 N–H and O–H groups in total. The summed E-state index contributed by atoms with van der Waals surface area (Å²) in [6, 6.07) is 4.45. The maximum Gasteiger partial charge on any atom is 0.244 e. The smallest absolute Gasteiger partial charge is 0.244 e. The first kappa shape index (κ1) is 14.7. The summed E-state index contributed by atoms with van der Waals surface area (Å²) in [5, 5.41) is 0.